The lowest BCUT2D eigenvalue weighted by Crippen LogP contribution is -2.12. The highest BCUT2D eigenvalue weighted by molar-refractivity contribution is 7.13. The van der Waals surface area contributed by atoms with Gasteiger partial charge in [-0.2, -0.15) is 0 Å². The average Bonchev–Trinajstić information content (AvgIpc) is 2.94. The first kappa shape index (κ1) is 10.7. The molecule has 88 valence electrons. The molecule has 2 aromatic rings. The van der Waals surface area contributed by atoms with Gasteiger partial charge >= 0.3 is 0 Å². The van der Waals surface area contributed by atoms with E-state index in [2.05, 4.69) is 17.1 Å². The molecule has 0 amide bonds. The van der Waals surface area contributed by atoms with Crippen molar-refractivity contribution in [1.82, 2.24) is 14.8 Å². The Morgan fingerprint density at radius 3 is 3.06 bits per heavy atom. The van der Waals surface area contributed by atoms with E-state index in [0.717, 1.165) is 40.7 Å². The first-order chi connectivity index (χ1) is 8.29. The molecular weight excluding hydrogens is 234 g/mol. The Kier molecular flexibility index (Phi) is 2.55. The van der Waals surface area contributed by atoms with E-state index in [1.807, 2.05) is 16.8 Å². The molecule has 0 bridgehead atoms. The fraction of sp³-hybridized carbons (Fsp3) is 0.417. The van der Waals surface area contributed by atoms with Crippen LogP contribution >= 0.6 is 11.3 Å². The molecular formula is C12H13N3OS. The van der Waals surface area contributed by atoms with Gasteiger partial charge in [0.15, 0.2) is 5.78 Å². The summed E-state index contributed by atoms with van der Waals surface area (Å²) in [5, 5.41) is 10.2. The summed E-state index contributed by atoms with van der Waals surface area (Å²) in [6.07, 6.45) is 5.41. The summed E-state index contributed by atoms with van der Waals surface area (Å²) in [6, 6.07) is 1.91. The molecule has 0 saturated heterocycles. The largest absolute Gasteiger partial charge is 0.295 e. The van der Waals surface area contributed by atoms with Crippen molar-refractivity contribution in [2.45, 2.75) is 32.6 Å². The first-order valence-electron chi connectivity index (χ1n) is 5.85. The zero-order valence-corrected chi connectivity index (χ0v) is 10.5. The predicted molar refractivity (Wildman–Crippen MR) is 65.9 cm³/mol. The van der Waals surface area contributed by atoms with Gasteiger partial charge in [-0.3, -0.25) is 9.36 Å². The van der Waals surface area contributed by atoms with Crippen LogP contribution in [-0.4, -0.2) is 20.5 Å². The van der Waals surface area contributed by atoms with Gasteiger partial charge in [-0.25, -0.2) is 0 Å². The van der Waals surface area contributed by atoms with Gasteiger partial charge in [0.25, 0.3) is 0 Å². The van der Waals surface area contributed by atoms with E-state index in [4.69, 9.17) is 0 Å². The maximum atomic E-state index is 11.7. The summed E-state index contributed by atoms with van der Waals surface area (Å²) in [7, 11) is 0. The quantitative estimate of drug-likeness (QED) is 0.818. The number of aryl methyl sites for hydroxylation is 1. The smallest absolute Gasteiger partial charge is 0.216 e. The van der Waals surface area contributed by atoms with Crippen molar-refractivity contribution in [3.63, 3.8) is 0 Å². The summed E-state index contributed by atoms with van der Waals surface area (Å²) in [4.78, 5) is 11.7. The monoisotopic (exact) mass is 247 g/mol. The van der Waals surface area contributed by atoms with Crippen molar-refractivity contribution in [3.05, 3.63) is 28.5 Å². The Hall–Kier alpha value is -1.49. The molecule has 5 heteroatoms. The number of rotatable bonds is 2. The second kappa shape index (κ2) is 4.07. The van der Waals surface area contributed by atoms with E-state index in [1.165, 1.54) is 0 Å². The zero-order chi connectivity index (χ0) is 11.8. The second-order valence-corrected chi connectivity index (χ2v) is 5.20. The summed E-state index contributed by atoms with van der Waals surface area (Å²) < 4.78 is 2.02. The Labute approximate surface area is 103 Å². The van der Waals surface area contributed by atoms with Gasteiger partial charge in [0, 0.05) is 23.9 Å². The van der Waals surface area contributed by atoms with Gasteiger partial charge in [0.2, 0.25) is 5.13 Å². The summed E-state index contributed by atoms with van der Waals surface area (Å²) in [5.41, 5.74) is 1.96. The van der Waals surface area contributed by atoms with Crippen molar-refractivity contribution < 1.29 is 4.79 Å². The summed E-state index contributed by atoms with van der Waals surface area (Å²) >= 11 is 1.59. The minimum atomic E-state index is 0.255. The van der Waals surface area contributed by atoms with Crippen LogP contribution in [0.25, 0.3) is 5.13 Å². The Morgan fingerprint density at radius 1 is 1.41 bits per heavy atom. The molecule has 2 heterocycles. The highest BCUT2D eigenvalue weighted by atomic mass is 32.1. The third-order valence-electron chi connectivity index (χ3n) is 3.07. The highest BCUT2D eigenvalue weighted by Crippen LogP contribution is 2.26. The van der Waals surface area contributed by atoms with Crippen LogP contribution in [-0.2, 0) is 12.8 Å². The molecule has 0 spiro atoms. The van der Waals surface area contributed by atoms with Crippen LogP contribution in [0.3, 0.4) is 0 Å². The number of fused-ring (bicyclic) bond motifs is 1. The molecule has 0 N–H and O–H groups in total. The van der Waals surface area contributed by atoms with E-state index < -0.39 is 0 Å². The minimum absolute atomic E-state index is 0.255. The van der Waals surface area contributed by atoms with Gasteiger partial charge in [-0.1, -0.05) is 18.3 Å². The molecule has 0 saturated carbocycles. The van der Waals surface area contributed by atoms with Crippen molar-refractivity contribution in [3.8, 4) is 5.13 Å². The normalized spacial score (nSPS) is 15.0. The van der Waals surface area contributed by atoms with E-state index in [-0.39, 0.29) is 5.78 Å². The molecule has 0 aliphatic heterocycles. The summed E-state index contributed by atoms with van der Waals surface area (Å²) in [5.74, 6) is 0.255. The van der Waals surface area contributed by atoms with E-state index in [1.54, 1.807) is 11.3 Å². The van der Waals surface area contributed by atoms with E-state index in [0.29, 0.717) is 6.42 Å². The van der Waals surface area contributed by atoms with Crippen LogP contribution in [0.15, 0.2) is 12.3 Å². The highest BCUT2D eigenvalue weighted by Gasteiger charge is 2.22. The van der Waals surface area contributed by atoms with E-state index >= 15 is 0 Å². The molecule has 17 heavy (non-hydrogen) atoms. The maximum Gasteiger partial charge on any atom is 0.216 e. The molecule has 1 aliphatic carbocycles. The first-order valence-corrected chi connectivity index (χ1v) is 6.67. The van der Waals surface area contributed by atoms with E-state index in [9.17, 15) is 4.79 Å². The van der Waals surface area contributed by atoms with Crippen LogP contribution in [0.2, 0.25) is 0 Å². The molecule has 0 atom stereocenters. The number of nitrogens with zero attached hydrogens (tertiary/aromatic N) is 3. The third kappa shape index (κ3) is 1.70. The molecule has 0 unspecified atom stereocenters. The Bertz CT molecular complexity index is 570. The lowest BCUT2D eigenvalue weighted by molar-refractivity contribution is 0.0972. The molecule has 0 radical (unpaired) electrons. The number of ketones is 1. The third-order valence-corrected chi connectivity index (χ3v) is 4.14. The SMILES string of the molecule is CCc1nnc(-n2ccc3c2CCCC3=O)s1. The number of carbonyl (C=O) groups is 1. The van der Waals surface area contributed by atoms with Gasteiger partial charge in [0.1, 0.15) is 5.01 Å². The van der Waals surface area contributed by atoms with Crippen LogP contribution < -0.4 is 0 Å². The summed E-state index contributed by atoms with van der Waals surface area (Å²) in [6.45, 7) is 2.07. The average molecular weight is 247 g/mol. The topological polar surface area (TPSA) is 47.8 Å². The zero-order valence-electron chi connectivity index (χ0n) is 9.64. The second-order valence-electron chi connectivity index (χ2n) is 4.15. The van der Waals surface area contributed by atoms with Crippen molar-refractivity contribution in [2.75, 3.05) is 0 Å². The minimum Gasteiger partial charge on any atom is -0.295 e. The standard InChI is InChI=1S/C12H13N3OS/c1-2-11-13-14-12(17-11)15-7-6-8-9(15)4-3-5-10(8)16/h6-7H,2-5H2,1H3. The Morgan fingerprint density at radius 2 is 2.29 bits per heavy atom. The number of Topliss-reactive ketones (excluding diaryl/α,β-unsaturated/α-hetero) is 1. The van der Waals surface area contributed by atoms with Gasteiger partial charge in [-0.05, 0) is 25.3 Å². The molecule has 0 aromatic carbocycles. The molecule has 3 rings (SSSR count). The lowest BCUT2D eigenvalue weighted by Gasteiger charge is -2.12. The molecule has 0 fully saturated rings. The maximum absolute atomic E-state index is 11.7. The molecule has 1 aliphatic rings. The van der Waals surface area contributed by atoms with Crippen molar-refractivity contribution in [1.29, 1.82) is 0 Å². The Balaban J connectivity index is 2.06. The molecule has 2 aromatic heterocycles. The number of aromatic nitrogens is 3. The number of hydrogen-bond donors (Lipinski definition) is 0. The fourth-order valence-corrected chi connectivity index (χ4v) is 2.98. The predicted octanol–water partition coefficient (Wildman–Crippen LogP) is 2.41. The van der Waals surface area contributed by atoms with Crippen LogP contribution in [0.4, 0.5) is 0 Å². The van der Waals surface area contributed by atoms with Crippen molar-refractivity contribution in [2.24, 2.45) is 0 Å². The van der Waals surface area contributed by atoms with Crippen LogP contribution in [0.1, 0.15) is 40.8 Å². The molecule has 4 nitrogen and oxygen atoms in total. The van der Waals surface area contributed by atoms with Gasteiger partial charge in [0.05, 0.1) is 0 Å². The lowest BCUT2D eigenvalue weighted by atomic mass is 9.97. The van der Waals surface area contributed by atoms with Crippen LogP contribution in [0.5, 0.6) is 0 Å². The number of carbonyl (C=O) groups excluding carboxylic acids is 1. The van der Waals surface area contributed by atoms with Crippen LogP contribution in [0, 0.1) is 0 Å². The number of hydrogen-bond acceptors (Lipinski definition) is 4. The van der Waals surface area contributed by atoms with Crippen molar-refractivity contribution >= 4 is 17.1 Å². The van der Waals surface area contributed by atoms with Gasteiger partial charge in [-0.15, -0.1) is 10.2 Å². The fourth-order valence-electron chi connectivity index (χ4n) is 2.19. The van der Waals surface area contributed by atoms with Gasteiger partial charge < -0.3 is 0 Å².